The molecule has 3 nitrogen and oxygen atoms in total. The minimum Gasteiger partial charge on any atom is -0.331 e. The molecule has 0 aliphatic heterocycles. The van der Waals surface area contributed by atoms with Crippen molar-refractivity contribution >= 4 is 11.0 Å². The molecule has 0 bridgehead atoms. The molecule has 0 amide bonds. The van der Waals surface area contributed by atoms with Gasteiger partial charge in [0, 0.05) is 19.5 Å². The van der Waals surface area contributed by atoms with E-state index >= 15 is 0 Å². The van der Waals surface area contributed by atoms with Crippen LogP contribution < -0.4 is 5.32 Å². The summed E-state index contributed by atoms with van der Waals surface area (Å²) in [7, 11) is 2.12. The molecule has 19 heavy (non-hydrogen) atoms. The van der Waals surface area contributed by atoms with E-state index in [1.807, 2.05) is 0 Å². The Labute approximate surface area is 116 Å². The van der Waals surface area contributed by atoms with Crippen molar-refractivity contribution in [2.24, 2.45) is 7.05 Å². The Balaban J connectivity index is 1.96. The fraction of sp³-hybridized carbons (Fsp3) is 0.562. The molecule has 1 N–H and O–H groups in total. The lowest BCUT2D eigenvalue weighted by molar-refractivity contribution is 0.463. The third kappa shape index (κ3) is 3.35. The van der Waals surface area contributed by atoms with Gasteiger partial charge in [0.05, 0.1) is 11.0 Å². The number of aryl methyl sites for hydroxylation is 2. The van der Waals surface area contributed by atoms with E-state index in [1.165, 1.54) is 30.6 Å². The SMILES string of the molecule is CCNC(CC)CCCc1nc2ccccc2n1C. The van der Waals surface area contributed by atoms with E-state index in [-0.39, 0.29) is 0 Å². The van der Waals surface area contributed by atoms with Gasteiger partial charge >= 0.3 is 0 Å². The molecular formula is C16H25N3. The molecular weight excluding hydrogens is 234 g/mol. The number of para-hydroxylation sites is 2. The summed E-state index contributed by atoms with van der Waals surface area (Å²) in [5.41, 5.74) is 2.34. The Morgan fingerprint density at radius 2 is 2.05 bits per heavy atom. The zero-order valence-corrected chi connectivity index (χ0v) is 12.3. The minimum atomic E-state index is 0.652. The highest BCUT2D eigenvalue weighted by atomic mass is 15.1. The molecule has 0 aliphatic carbocycles. The summed E-state index contributed by atoms with van der Waals surface area (Å²) in [6, 6.07) is 9.01. The molecule has 0 spiro atoms. The summed E-state index contributed by atoms with van der Waals surface area (Å²) < 4.78 is 2.23. The van der Waals surface area contributed by atoms with Gasteiger partial charge in [0.2, 0.25) is 0 Å². The Morgan fingerprint density at radius 1 is 1.26 bits per heavy atom. The predicted octanol–water partition coefficient (Wildman–Crippen LogP) is 3.28. The standard InChI is InChI=1S/C16H25N3/c1-4-13(17-5-2)9-8-12-16-18-14-10-6-7-11-15(14)19(16)3/h6-7,10-11,13,17H,4-5,8-9,12H2,1-3H3. The minimum absolute atomic E-state index is 0.652. The number of aromatic nitrogens is 2. The molecule has 2 aromatic rings. The molecule has 1 unspecified atom stereocenters. The number of benzene rings is 1. The summed E-state index contributed by atoms with van der Waals surface area (Å²) in [6.07, 6.45) is 4.69. The van der Waals surface area contributed by atoms with Crippen molar-refractivity contribution in [3.8, 4) is 0 Å². The fourth-order valence-electron chi connectivity index (χ4n) is 2.66. The number of nitrogens with one attached hydrogen (secondary N) is 1. The van der Waals surface area contributed by atoms with Gasteiger partial charge in [0.1, 0.15) is 5.82 Å². The van der Waals surface area contributed by atoms with Crippen LogP contribution in [0.2, 0.25) is 0 Å². The zero-order chi connectivity index (χ0) is 13.7. The second-order valence-corrected chi connectivity index (χ2v) is 5.13. The van der Waals surface area contributed by atoms with Crippen LogP contribution in [0.4, 0.5) is 0 Å². The third-order valence-corrected chi connectivity index (χ3v) is 3.82. The van der Waals surface area contributed by atoms with E-state index in [1.54, 1.807) is 0 Å². The van der Waals surface area contributed by atoms with E-state index in [9.17, 15) is 0 Å². The predicted molar refractivity (Wildman–Crippen MR) is 81.4 cm³/mol. The van der Waals surface area contributed by atoms with E-state index < -0.39 is 0 Å². The topological polar surface area (TPSA) is 29.9 Å². The van der Waals surface area contributed by atoms with Gasteiger partial charge in [-0.25, -0.2) is 4.98 Å². The lowest BCUT2D eigenvalue weighted by Gasteiger charge is -2.15. The van der Waals surface area contributed by atoms with E-state index in [0.29, 0.717) is 6.04 Å². The summed E-state index contributed by atoms with van der Waals surface area (Å²) in [5, 5.41) is 3.53. The van der Waals surface area contributed by atoms with Crippen molar-refractivity contribution in [3.05, 3.63) is 30.1 Å². The van der Waals surface area contributed by atoms with E-state index in [0.717, 1.165) is 18.5 Å². The van der Waals surface area contributed by atoms with Crippen LogP contribution in [0.3, 0.4) is 0 Å². The summed E-state index contributed by atoms with van der Waals surface area (Å²) >= 11 is 0. The van der Waals surface area contributed by atoms with Crippen LogP contribution in [-0.4, -0.2) is 22.1 Å². The zero-order valence-electron chi connectivity index (χ0n) is 12.3. The number of hydrogen-bond donors (Lipinski definition) is 1. The van der Waals surface area contributed by atoms with Crippen molar-refractivity contribution in [2.75, 3.05) is 6.54 Å². The quantitative estimate of drug-likeness (QED) is 0.827. The van der Waals surface area contributed by atoms with Gasteiger partial charge in [-0.05, 0) is 37.9 Å². The first-order valence-electron chi connectivity index (χ1n) is 7.40. The van der Waals surface area contributed by atoms with E-state index in [4.69, 9.17) is 4.98 Å². The molecule has 1 aromatic heterocycles. The Bertz CT molecular complexity index is 516. The van der Waals surface area contributed by atoms with Crippen molar-refractivity contribution < 1.29 is 0 Å². The maximum Gasteiger partial charge on any atom is 0.109 e. The number of rotatable bonds is 7. The molecule has 3 heteroatoms. The highest BCUT2D eigenvalue weighted by molar-refractivity contribution is 5.75. The van der Waals surface area contributed by atoms with Crippen LogP contribution in [0, 0.1) is 0 Å². The summed E-state index contributed by atoms with van der Waals surface area (Å²) in [4.78, 5) is 4.72. The summed E-state index contributed by atoms with van der Waals surface area (Å²) in [5.74, 6) is 1.20. The van der Waals surface area contributed by atoms with Gasteiger partial charge in [0.15, 0.2) is 0 Å². The largest absolute Gasteiger partial charge is 0.331 e. The van der Waals surface area contributed by atoms with Crippen molar-refractivity contribution in [2.45, 2.75) is 45.6 Å². The average molecular weight is 259 g/mol. The highest BCUT2D eigenvalue weighted by Gasteiger charge is 2.08. The van der Waals surface area contributed by atoms with Crippen molar-refractivity contribution in [3.63, 3.8) is 0 Å². The Hall–Kier alpha value is -1.35. The highest BCUT2D eigenvalue weighted by Crippen LogP contribution is 2.16. The van der Waals surface area contributed by atoms with Gasteiger partial charge in [-0.2, -0.15) is 0 Å². The molecule has 1 aromatic carbocycles. The lowest BCUT2D eigenvalue weighted by atomic mass is 10.1. The first-order chi connectivity index (χ1) is 9.26. The van der Waals surface area contributed by atoms with Gasteiger partial charge < -0.3 is 9.88 Å². The average Bonchev–Trinajstić information content (AvgIpc) is 2.75. The van der Waals surface area contributed by atoms with Crippen LogP contribution in [0.15, 0.2) is 24.3 Å². The Morgan fingerprint density at radius 3 is 2.74 bits per heavy atom. The maximum absolute atomic E-state index is 4.72. The molecule has 0 fully saturated rings. The number of nitrogens with zero attached hydrogens (tertiary/aromatic N) is 2. The monoisotopic (exact) mass is 259 g/mol. The van der Waals surface area contributed by atoms with Gasteiger partial charge in [-0.3, -0.25) is 0 Å². The second-order valence-electron chi connectivity index (χ2n) is 5.13. The lowest BCUT2D eigenvalue weighted by Crippen LogP contribution is -2.28. The van der Waals surface area contributed by atoms with Gasteiger partial charge in [0.25, 0.3) is 0 Å². The molecule has 0 radical (unpaired) electrons. The van der Waals surface area contributed by atoms with Crippen molar-refractivity contribution in [1.29, 1.82) is 0 Å². The number of fused-ring (bicyclic) bond motifs is 1. The van der Waals surface area contributed by atoms with Gasteiger partial charge in [-0.15, -0.1) is 0 Å². The first kappa shape index (κ1) is 14.1. The Kier molecular flexibility index (Phi) is 4.97. The van der Waals surface area contributed by atoms with Crippen LogP contribution in [-0.2, 0) is 13.5 Å². The molecule has 0 aliphatic rings. The maximum atomic E-state index is 4.72. The second kappa shape index (κ2) is 6.71. The van der Waals surface area contributed by atoms with Gasteiger partial charge in [-0.1, -0.05) is 26.0 Å². The molecule has 2 rings (SSSR count). The van der Waals surface area contributed by atoms with Crippen LogP contribution in [0.5, 0.6) is 0 Å². The van der Waals surface area contributed by atoms with E-state index in [2.05, 4.69) is 55.0 Å². The molecule has 0 saturated heterocycles. The smallest absolute Gasteiger partial charge is 0.109 e. The number of imidazole rings is 1. The summed E-state index contributed by atoms with van der Waals surface area (Å²) in [6.45, 7) is 5.49. The molecule has 0 saturated carbocycles. The van der Waals surface area contributed by atoms with Crippen LogP contribution in [0.25, 0.3) is 11.0 Å². The molecule has 1 heterocycles. The molecule has 104 valence electrons. The van der Waals surface area contributed by atoms with Crippen molar-refractivity contribution in [1.82, 2.24) is 14.9 Å². The molecule has 1 atom stereocenters. The van der Waals surface area contributed by atoms with Crippen LogP contribution in [0.1, 0.15) is 38.9 Å². The normalized spacial score (nSPS) is 13.0. The van der Waals surface area contributed by atoms with Crippen LogP contribution >= 0.6 is 0 Å². The first-order valence-corrected chi connectivity index (χ1v) is 7.40. The fourth-order valence-corrected chi connectivity index (χ4v) is 2.66. The number of hydrogen-bond acceptors (Lipinski definition) is 2. The third-order valence-electron chi connectivity index (χ3n) is 3.82.